The van der Waals surface area contributed by atoms with Crippen molar-refractivity contribution in [2.45, 2.75) is 5.16 Å². The number of nitrogens with zero attached hydrogens (tertiary/aromatic N) is 4. The Morgan fingerprint density at radius 2 is 1.88 bits per heavy atom. The van der Waals surface area contributed by atoms with Gasteiger partial charge in [0.2, 0.25) is 5.91 Å². The van der Waals surface area contributed by atoms with Crippen LogP contribution in [-0.2, 0) is 4.79 Å². The summed E-state index contributed by atoms with van der Waals surface area (Å²) in [5.74, 6) is 1.33. The lowest BCUT2D eigenvalue weighted by atomic mass is 10.2. The van der Waals surface area contributed by atoms with Crippen LogP contribution >= 0.6 is 39.3 Å². The fourth-order valence-electron chi connectivity index (χ4n) is 2.92. The van der Waals surface area contributed by atoms with Crippen LogP contribution in [0.5, 0.6) is 5.75 Å². The smallest absolute Gasteiger partial charge is 0.234 e. The fourth-order valence-corrected chi connectivity index (χ4v) is 4.40. The number of halogens is 2. The van der Waals surface area contributed by atoms with E-state index in [1.54, 1.807) is 31.6 Å². The highest BCUT2D eigenvalue weighted by molar-refractivity contribution is 9.10. The summed E-state index contributed by atoms with van der Waals surface area (Å²) >= 11 is 10.8. The molecular weight excluding hydrogens is 514 g/mol. The van der Waals surface area contributed by atoms with E-state index in [2.05, 4.69) is 36.4 Å². The first-order valence-corrected chi connectivity index (χ1v) is 11.6. The largest absolute Gasteiger partial charge is 0.497 e. The zero-order valence-corrected chi connectivity index (χ0v) is 20.0. The van der Waals surface area contributed by atoms with E-state index in [0.29, 0.717) is 21.7 Å². The number of carbonyl (C=O) groups is 1. The lowest BCUT2D eigenvalue weighted by Gasteiger charge is -2.11. The Labute approximate surface area is 202 Å². The number of methoxy groups -OCH3 is 1. The van der Waals surface area contributed by atoms with Gasteiger partial charge in [-0.25, -0.2) is 0 Å². The third-order valence-corrected chi connectivity index (χ3v) is 6.17. The van der Waals surface area contributed by atoms with Crippen LogP contribution < -0.4 is 10.1 Å². The van der Waals surface area contributed by atoms with Crippen LogP contribution in [0.25, 0.3) is 17.1 Å². The third kappa shape index (κ3) is 5.12. The molecule has 0 aliphatic rings. The fraction of sp³-hybridized carbons (Fsp3) is 0.0909. The molecule has 1 amide bonds. The number of nitrogens with one attached hydrogen (secondary N) is 1. The van der Waals surface area contributed by atoms with Gasteiger partial charge in [0.05, 0.1) is 23.6 Å². The lowest BCUT2D eigenvalue weighted by molar-refractivity contribution is -0.113. The molecule has 32 heavy (non-hydrogen) atoms. The van der Waals surface area contributed by atoms with Crippen LogP contribution in [0.4, 0.5) is 5.69 Å². The molecule has 0 fully saturated rings. The molecule has 10 heteroatoms. The number of benzene rings is 2. The average Bonchev–Trinajstić information content (AvgIpc) is 3.24. The van der Waals surface area contributed by atoms with Gasteiger partial charge in [0, 0.05) is 28.1 Å². The van der Waals surface area contributed by atoms with Crippen LogP contribution in [0.15, 0.2) is 76.6 Å². The second-order valence-electron chi connectivity index (χ2n) is 6.54. The van der Waals surface area contributed by atoms with E-state index < -0.39 is 0 Å². The number of aromatic nitrogens is 4. The number of carbonyl (C=O) groups excluding carboxylic acids is 1. The summed E-state index contributed by atoms with van der Waals surface area (Å²) in [5, 5.41) is 12.6. The number of pyridine rings is 1. The number of hydrogen-bond acceptors (Lipinski definition) is 6. The molecule has 0 aliphatic carbocycles. The van der Waals surface area contributed by atoms with Crippen LogP contribution in [0, 0.1) is 0 Å². The molecule has 2 aromatic heterocycles. The number of amides is 1. The summed E-state index contributed by atoms with van der Waals surface area (Å²) in [6.45, 7) is 0. The normalized spacial score (nSPS) is 10.7. The number of anilines is 1. The molecule has 0 saturated heterocycles. The summed E-state index contributed by atoms with van der Waals surface area (Å²) in [7, 11) is 1.62. The van der Waals surface area contributed by atoms with Gasteiger partial charge < -0.3 is 10.1 Å². The SMILES string of the molecule is COc1ccc(-n2c(SCC(=O)Nc3ccc(Br)cc3Cl)nnc2-c2ccncc2)cc1. The van der Waals surface area contributed by atoms with Crippen molar-refractivity contribution in [1.82, 2.24) is 19.7 Å². The van der Waals surface area contributed by atoms with Crippen molar-refractivity contribution in [3.05, 3.63) is 76.5 Å². The van der Waals surface area contributed by atoms with E-state index in [1.807, 2.05) is 47.0 Å². The van der Waals surface area contributed by atoms with Gasteiger partial charge in [-0.3, -0.25) is 14.3 Å². The second-order valence-corrected chi connectivity index (χ2v) is 8.80. The van der Waals surface area contributed by atoms with E-state index in [1.165, 1.54) is 11.8 Å². The van der Waals surface area contributed by atoms with Gasteiger partial charge in [-0.05, 0) is 54.6 Å². The Bertz CT molecular complexity index is 1240. The Balaban J connectivity index is 1.59. The Hall–Kier alpha value is -2.88. The zero-order valence-electron chi connectivity index (χ0n) is 16.8. The standard InChI is InChI=1S/C22H17BrClN5O2S/c1-31-17-5-3-16(4-6-17)29-21(14-8-10-25-11-9-14)27-28-22(29)32-13-20(30)26-19-7-2-15(23)12-18(19)24/h2-12H,13H2,1H3,(H,26,30). The van der Waals surface area contributed by atoms with Gasteiger partial charge in [-0.2, -0.15) is 0 Å². The quantitative estimate of drug-likeness (QED) is 0.319. The van der Waals surface area contributed by atoms with Crippen molar-refractivity contribution in [1.29, 1.82) is 0 Å². The predicted molar refractivity (Wildman–Crippen MR) is 130 cm³/mol. The van der Waals surface area contributed by atoms with Crippen molar-refractivity contribution >= 4 is 50.9 Å². The molecule has 0 aliphatic heterocycles. The molecule has 2 aromatic carbocycles. The lowest BCUT2D eigenvalue weighted by Crippen LogP contribution is -2.15. The van der Waals surface area contributed by atoms with Gasteiger partial charge in [0.25, 0.3) is 0 Å². The van der Waals surface area contributed by atoms with Gasteiger partial charge in [0.15, 0.2) is 11.0 Å². The number of thioether (sulfide) groups is 1. The first-order valence-electron chi connectivity index (χ1n) is 9.43. The van der Waals surface area contributed by atoms with Gasteiger partial charge >= 0.3 is 0 Å². The third-order valence-electron chi connectivity index (χ3n) is 4.44. The van der Waals surface area contributed by atoms with E-state index in [0.717, 1.165) is 21.5 Å². The molecule has 0 bridgehead atoms. The van der Waals surface area contributed by atoms with Crippen molar-refractivity contribution in [2.75, 3.05) is 18.2 Å². The molecule has 0 atom stereocenters. The maximum Gasteiger partial charge on any atom is 0.234 e. The number of rotatable bonds is 7. The summed E-state index contributed by atoms with van der Waals surface area (Å²) in [6, 6.07) is 16.6. The molecule has 7 nitrogen and oxygen atoms in total. The van der Waals surface area contributed by atoms with E-state index in [-0.39, 0.29) is 11.7 Å². The second kappa shape index (κ2) is 10.2. The van der Waals surface area contributed by atoms with Crippen LogP contribution in [-0.4, -0.2) is 38.5 Å². The van der Waals surface area contributed by atoms with Crippen molar-refractivity contribution < 1.29 is 9.53 Å². The minimum atomic E-state index is -0.200. The van der Waals surface area contributed by atoms with Crippen LogP contribution in [0.1, 0.15) is 0 Å². The summed E-state index contributed by atoms with van der Waals surface area (Å²) in [4.78, 5) is 16.6. The molecule has 1 N–H and O–H groups in total. The van der Waals surface area contributed by atoms with Crippen molar-refractivity contribution in [2.24, 2.45) is 0 Å². The van der Waals surface area contributed by atoms with Gasteiger partial charge in [0.1, 0.15) is 5.75 Å². The molecule has 2 heterocycles. The van der Waals surface area contributed by atoms with Crippen molar-refractivity contribution in [3.8, 4) is 22.8 Å². The highest BCUT2D eigenvalue weighted by atomic mass is 79.9. The maximum absolute atomic E-state index is 12.5. The molecule has 4 rings (SSSR count). The molecule has 0 radical (unpaired) electrons. The molecule has 0 spiro atoms. The van der Waals surface area contributed by atoms with Crippen LogP contribution in [0.2, 0.25) is 5.02 Å². The summed E-state index contributed by atoms with van der Waals surface area (Å²) < 4.78 is 8.00. The summed E-state index contributed by atoms with van der Waals surface area (Å²) in [6.07, 6.45) is 3.40. The highest BCUT2D eigenvalue weighted by Gasteiger charge is 2.18. The average molecular weight is 531 g/mol. The molecule has 0 unspecified atom stereocenters. The Kier molecular flexibility index (Phi) is 7.09. The minimum Gasteiger partial charge on any atom is -0.497 e. The summed E-state index contributed by atoms with van der Waals surface area (Å²) in [5.41, 5.74) is 2.26. The van der Waals surface area contributed by atoms with Gasteiger partial charge in [-0.1, -0.05) is 39.3 Å². The van der Waals surface area contributed by atoms with E-state index >= 15 is 0 Å². The topological polar surface area (TPSA) is 81.9 Å². The molecule has 0 saturated carbocycles. The zero-order chi connectivity index (χ0) is 22.5. The van der Waals surface area contributed by atoms with Crippen LogP contribution in [0.3, 0.4) is 0 Å². The predicted octanol–water partition coefficient (Wildman–Crippen LogP) is 5.48. The molecule has 162 valence electrons. The first kappa shape index (κ1) is 22.3. The number of hydrogen-bond donors (Lipinski definition) is 1. The minimum absolute atomic E-state index is 0.136. The van der Waals surface area contributed by atoms with E-state index in [4.69, 9.17) is 16.3 Å². The Morgan fingerprint density at radius 1 is 1.12 bits per heavy atom. The Morgan fingerprint density at radius 3 is 2.56 bits per heavy atom. The van der Waals surface area contributed by atoms with Crippen molar-refractivity contribution in [3.63, 3.8) is 0 Å². The maximum atomic E-state index is 12.5. The van der Waals surface area contributed by atoms with E-state index in [9.17, 15) is 4.79 Å². The highest BCUT2D eigenvalue weighted by Crippen LogP contribution is 2.29. The molecule has 4 aromatic rings. The molecular formula is C22H17BrClN5O2S. The van der Waals surface area contributed by atoms with Gasteiger partial charge in [-0.15, -0.1) is 10.2 Å². The first-order chi connectivity index (χ1) is 15.5. The number of ether oxygens (including phenoxy) is 1. The monoisotopic (exact) mass is 529 g/mol.